The molecule has 4 aliphatic rings. The fourth-order valence-electron chi connectivity index (χ4n) is 6.80. The van der Waals surface area contributed by atoms with Gasteiger partial charge < -0.3 is 10.1 Å². The van der Waals surface area contributed by atoms with Gasteiger partial charge in [-0.05, 0) is 53.4 Å². The molecule has 0 radical (unpaired) electrons. The predicted molar refractivity (Wildman–Crippen MR) is 153 cm³/mol. The number of amides is 3. The summed E-state index contributed by atoms with van der Waals surface area (Å²) in [6, 6.07) is 29.7. The number of ether oxygens (including phenoxy) is 1. The summed E-state index contributed by atoms with van der Waals surface area (Å²) in [5.74, 6) is -3.56. The number of para-hydroxylation sites is 1. The number of aryl methyl sites for hydroxylation is 1. The molecule has 2 bridgehead atoms. The van der Waals surface area contributed by atoms with E-state index in [0.29, 0.717) is 5.69 Å². The SMILES string of the molecule is Cc1ccc(NC(=O)COC(=O)c2ccccc2N2C(=O)[C@H]3C4c5ccccc5C(c5ccccc54)[C@@H]3C2=O)cc1. The number of carbonyl (C=O) groups excluding carboxylic acids is 4. The number of rotatable bonds is 5. The van der Waals surface area contributed by atoms with E-state index in [4.69, 9.17) is 4.74 Å². The molecule has 7 heteroatoms. The van der Waals surface area contributed by atoms with Gasteiger partial charge in [0, 0.05) is 17.5 Å². The Balaban J connectivity index is 1.18. The number of nitrogens with zero attached hydrogens (tertiary/aromatic N) is 1. The van der Waals surface area contributed by atoms with Crippen molar-refractivity contribution >= 4 is 35.1 Å². The number of hydrogen-bond acceptors (Lipinski definition) is 5. The summed E-state index contributed by atoms with van der Waals surface area (Å²) < 4.78 is 5.33. The highest BCUT2D eigenvalue weighted by atomic mass is 16.5. The first-order chi connectivity index (χ1) is 19.9. The maximum absolute atomic E-state index is 14.1. The standard InChI is InChI=1S/C34H26N2O5/c1-19-14-16-20(17-15-19)35-27(37)18-41-34(40)25-12-6-7-13-26(25)36-32(38)30-28-21-8-2-3-9-22(21)29(31(30)33(36)39)24-11-5-4-10-23(24)28/h2-17,28-31H,18H2,1H3,(H,35,37)/t28?,29?,30-,31-/m0/s1. The van der Waals surface area contributed by atoms with Crippen LogP contribution in [0, 0.1) is 18.8 Å². The minimum absolute atomic E-state index is 0.0540. The number of carbonyl (C=O) groups is 4. The van der Waals surface area contributed by atoms with E-state index in [1.165, 1.54) is 6.07 Å². The second kappa shape index (κ2) is 9.55. The Hall–Kier alpha value is -5.04. The molecule has 4 aromatic rings. The zero-order chi connectivity index (χ0) is 28.2. The third kappa shape index (κ3) is 3.88. The molecule has 1 N–H and O–H groups in total. The Kier molecular flexibility index (Phi) is 5.82. The largest absolute Gasteiger partial charge is 0.452 e. The lowest BCUT2D eigenvalue weighted by Gasteiger charge is -2.45. The molecule has 202 valence electrons. The summed E-state index contributed by atoms with van der Waals surface area (Å²) in [6.07, 6.45) is 0. The van der Waals surface area contributed by atoms with Gasteiger partial charge in [0.1, 0.15) is 0 Å². The Morgan fingerprint density at radius 3 is 1.73 bits per heavy atom. The van der Waals surface area contributed by atoms with Gasteiger partial charge in [0.05, 0.1) is 23.1 Å². The van der Waals surface area contributed by atoms with Crippen molar-refractivity contribution in [3.8, 4) is 0 Å². The van der Waals surface area contributed by atoms with E-state index in [1.54, 1.807) is 30.3 Å². The van der Waals surface area contributed by atoms with Crippen LogP contribution >= 0.6 is 0 Å². The highest BCUT2D eigenvalue weighted by Gasteiger charge is 2.62. The topological polar surface area (TPSA) is 92.8 Å². The number of hydrogen-bond donors (Lipinski definition) is 1. The zero-order valence-corrected chi connectivity index (χ0v) is 22.2. The van der Waals surface area contributed by atoms with Crippen molar-refractivity contribution in [2.45, 2.75) is 18.8 Å². The van der Waals surface area contributed by atoms with Crippen molar-refractivity contribution in [2.75, 3.05) is 16.8 Å². The van der Waals surface area contributed by atoms with Gasteiger partial charge in [0.25, 0.3) is 5.91 Å². The Bertz CT molecular complexity index is 1630. The normalized spacial score (nSPS) is 21.6. The number of esters is 1. The molecule has 0 unspecified atom stereocenters. The third-order valence-electron chi connectivity index (χ3n) is 8.48. The van der Waals surface area contributed by atoms with Crippen LogP contribution in [0.2, 0.25) is 0 Å². The molecule has 0 saturated carbocycles. The molecular weight excluding hydrogens is 516 g/mol. The monoisotopic (exact) mass is 542 g/mol. The molecule has 0 spiro atoms. The van der Waals surface area contributed by atoms with Crippen LogP contribution in [0.3, 0.4) is 0 Å². The molecule has 1 saturated heterocycles. The molecule has 1 heterocycles. The van der Waals surface area contributed by atoms with Crippen LogP contribution in [0.25, 0.3) is 0 Å². The van der Waals surface area contributed by atoms with E-state index in [0.717, 1.165) is 32.7 Å². The van der Waals surface area contributed by atoms with Gasteiger partial charge in [-0.15, -0.1) is 0 Å². The maximum atomic E-state index is 14.1. The van der Waals surface area contributed by atoms with Crippen LogP contribution < -0.4 is 10.2 Å². The van der Waals surface area contributed by atoms with Crippen molar-refractivity contribution in [3.63, 3.8) is 0 Å². The van der Waals surface area contributed by atoms with Crippen LogP contribution in [0.15, 0.2) is 97.1 Å². The smallest absolute Gasteiger partial charge is 0.340 e. The fraction of sp³-hybridized carbons (Fsp3) is 0.176. The van der Waals surface area contributed by atoms with Crippen LogP contribution in [0.1, 0.15) is 50.0 Å². The average molecular weight is 543 g/mol. The summed E-state index contributed by atoms with van der Waals surface area (Å²) in [4.78, 5) is 55.0. The van der Waals surface area contributed by atoms with Crippen molar-refractivity contribution in [1.29, 1.82) is 0 Å². The Morgan fingerprint density at radius 1 is 0.707 bits per heavy atom. The van der Waals surface area contributed by atoms with Gasteiger partial charge in [0.2, 0.25) is 11.8 Å². The number of anilines is 2. The summed E-state index contributed by atoms with van der Waals surface area (Å²) >= 11 is 0. The fourth-order valence-corrected chi connectivity index (χ4v) is 6.80. The Labute approximate surface area is 236 Å². The van der Waals surface area contributed by atoms with Crippen LogP contribution in [-0.2, 0) is 19.1 Å². The lowest BCUT2D eigenvalue weighted by molar-refractivity contribution is -0.122. The molecule has 2 atom stereocenters. The van der Waals surface area contributed by atoms with E-state index in [1.807, 2.05) is 67.6 Å². The molecule has 3 amide bonds. The van der Waals surface area contributed by atoms with Crippen molar-refractivity contribution < 1.29 is 23.9 Å². The maximum Gasteiger partial charge on any atom is 0.340 e. The third-order valence-corrected chi connectivity index (χ3v) is 8.48. The second-order valence-corrected chi connectivity index (χ2v) is 10.8. The summed E-state index contributed by atoms with van der Waals surface area (Å²) in [6.45, 7) is 1.43. The van der Waals surface area contributed by atoms with Crippen molar-refractivity contribution in [3.05, 3.63) is 130 Å². The van der Waals surface area contributed by atoms with Crippen LogP contribution in [-0.4, -0.2) is 30.3 Å². The van der Waals surface area contributed by atoms with Crippen LogP contribution in [0.5, 0.6) is 0 Å². The van der Waals surface area contributed by atoms with Gasteiger partial charge in [-0.3, -0.25) is 14.4 Å². The van der Waals surface area contributed by atoms with E-state index < -0.39 is 30.3 Å². The highest BCUT2D eigenvalue weighted by Crippen LogP contribution is 2.61. The highest BCUT2D eigenvalue weighted by molar-refractivity contribution is 6.25. The first-order valence-corrected chi connectivity index (χ1v) is 13.6. The van der Waals surface area contributed by atoms with Crippen molar-refractivity contribution in [2.24, 2.45) is 11.8 Å². The lowest BCUT2D eigenvalue weighted by Crippen LogP contribution is -2.41. The van der Waals surface area contributed by atoms with Crippen LogP contribution in [0.4, 0.5) is 11.4 Å². The van der Waals surface area contributed by atoms with E-state index in [-0.39, 0.29) is 34.9 Å². The summed E-state index contributed by atoms with van der Waals surface area (Å²) in [5, 5.41) is 2.69. The first kappa shape index (κ1) is 25.0. The number of nitrogens with one attached hydrogen (secondary N) is 1. The molecule has 4 aromatic carbocycles. The quantitative estimate of drug-likeness (QED) is 0.277. The van der Waals surface area contributed by atoms with Crippen molar-refractivity contribution in [1.82, 2.24) is 0 Å². The summed E-state index contributed by atoms with van der Waals surface area (Å²) in [7, 11) is 0. The molecule has 1 aliphatic heterocycles. The van der Waals surface area contributed by atoms with Gasteiger partial charge in [-0.1, -0.05) is 78.4 Å². The number of imide groups is 1. The summed E-state index contributed by atoms with van der Waals surface area (Å²) in [5.41, 5.74) is 6.18. The van der Waals surface area contributed by atoms with E-state index in [9.17, 15) is 19.2 Å². The van der Waals surface area contributed by atoms with E-state index >= 15 is 0 Å². The minimum Gasteiger partial charge on any atom is -0.452 e. The Morgan fingerprint density at radius 2 is 1.20 bits per heavy atom. The number of benzene rings is 4. The molecule has 7 nitrogen and oxygen atoms in total. The average Bonchev–Trinajstić information content (AvgIpc) is 3.27. The minimum atomic E-state index is -0.787. The van der Waals surface area contributed by atoms with Gasteiger partial charge in [-0.25, -0.2) is 9.69 Å². The molecule has 41 heavy (non-hydrogen) atoms. The van der Waals surface area contributed by atoms with E-state index in [2.05, 4.69) is 5.32 Å². The molecule has 8 rings (SSSR count). The molecule has 3 aliphatic carbocycles. The first-order valence-electron chi connectivity index (χ1n) is 13.6. The molecular formula is C34H26N2O5. The van der Waals surface area contributed by atoms with Gasteiger partial charge in [0.15, 0.2) is 6.61 Å². The van der Waals surface area contributed by atoms with Gasteiger partial charge in [-0.2, -0.15) is 0 Å². The zero-order valence-electron chi connectivity index (χ0n) is 22.2. The molecule has 1 fully saturated rings. The lowest BCUT2D eigenvalue weighted by atomic mass is 9.55. The predicted octanol–water partition coefficient (Wildman–Crippen LogP) is 5.19. The van der Waals surface area contributed by atoms with Gasteiger partial charge >= 0.3 is 5.97 Å². The second-order valence-electron chi connectivity index (χ2n) is 10.8. The molecule has 0 aromatic heterocycles.